The van der Waals surface area contributed by atoms with Gasteiger partial charge in [0.05, 0.1) is 5.60 Å². The van der Waals surface area contributed by atoms with Crippen LogP contribution in [0.15, 0.2) is 48.5 Å². The Bertz CT molecular complexity index is 679. The molecule has 0 aliphatic heterocycles. The van der Waals surface area contributed by atoms with E-state index in [2.05, 4.69) is 42.5 Å². The molecule has 21 heavy (non-hydrogen) atoms. The molecule has 2 aliphatic rings. The minimum Gasteiger partial charge on any atom is -0.385 e. The molecule has 1 N–H and O–H groups in total. The van der Waals surface area contributed by atoms with E-state index < -0.39 is 5.60 Å². The van der Waals surface area contributed by atoms with E-state index in [1.54, 1.807) is 7.11 Å². The third-order valence-corrected chi connectivity index (χ3v) is 5.33. The second-order valence-corrected chi connectivity index (χ2v) is 6.22. The van der Waals surface area contributed by atoms with Crippen molar-refractivity contribution in [2.75, 3.05) is 13.7 Å². The van der Waals surface area contributed by atoms with Crippen LogP contribution >= 0.6 is 0 Å². The Morgan fingerprint density at radius 3 is 2.62 bits per heavy atom. The van der Waals surface area contributed by atoms with Gasteiger partial charge in [0.2, 0.25) is 0 Å². The lowest BCUT2D eigenvalue weighted by atomic mass is 9.51. The zero-order valence-electron chi connectivity index (χ0n) is 12.3. The molecule has 2 aromatic carbocycles. The van der Waals surface area contributed by atoms with Crippen LogP contribution in [0.5, 0.6) is 0 Å². The summed E-state index contributed by atoms with van der Waals surface area (Å²) in [4.78, 5) is 0. The Kier molecular flexibility index (Phi) is 2.91. The van der Waals surface area contributed by atoms with Gasteiger partial charge in [-0.2, -0.15) is 0 Å². The van der Waals surface area contributed by atoms with Gasteiger partial charge in [0.15, 0.2) is 0 Å². The van der Waals surface area contributed by atoms with Gasteiger partial charge < -0.3 is 9.84 Å². The highest BCUT2D eigenvalue weighted by molar-refractivity contribution is 5.76. The van der Waals surface area contributed by atoms with Crippen LogP contribution in [0.2, 0.25) is 0 Å². The van der Waals surface area contributed by atoms with Crippen LogP contribution in [0.1, 0.15) is 29.9 Å². The van der Waals surface area contributed by atoms with Gasteiger partial charge in [0.25, 0.3) is 0 Å². The van der Waals surface area contributed by atoms with Crippen LogP contribution < -0.4 is 0 Å². The monoisotopic (exact) mass is 280 g/mol. The summed E-state index contributed by atoms with van der Waals surface area (Å²) in [6.07, 6.45) is 1.96. The van der Waals surface area contributed by atoms with Crippen molar-refractivity contribution in [1.82, 2.24) is 0 Å². The van der Waals surface area contributed by atoms with E-state index in [-0.39, 0.29) is 11.8 Å². The summed E-state index contributed by atoms with van der Waals surface area (Å²) in [6.45, 7) is 0.712. The number of hydrogen-bond acceptors (Lipinski definition) is 2. The number of methoxy groups -OCH3 is 1. The van der Waals surface area contributed by atoms with E-state index in [0.29, 0.717) is 6.61 Å². The molecule has 3 atom stereocenters. The van der Waals surface area contributed by atoms with E-state index in [4.69, 9.17) is 4.74 Å². The van der Waals surface area contributed by atoms with Gasteiger partial charge in [-0.25, -0.2) is 0 Å². The Hall–Kier alpha value is -1.64. The maximum atomic E-state index is 11.5. The Labute approximate surface area is 125 Å². The lowest BCUT2D eigenvalue weighted by Crippen LogP contribution is -2.53. The van der Waals surface area contributed by atoms with Crippen LogP contribution in [-0.2, 0) is 10.3 Å². The van der Waals surface area contributed by atoms with Gasteiger partial charge in [-0.3, -0.25) is 0 Å². The number of ether oxygens (including phenoxy) is 1. The molecule has 0 spiro atoms. The van der Waals surface area contributed by atoms with E-state index in [1.807, 2.05) is 6.07 Å². The molecule has 108 valence electrons. The van der Waals surface area contributed by atoms with Gasteiger partial charge in [0, 0.05) is 19.6 Å². The molecule has 2 aromatic rings. The van der Waals surface area contributed by atoms with Crippen molar-refractivity contribution >= 4 is 0 Å². The predicted octanol–water partition coefficient (Wildman–Crippen LogP) is 3.69. The van der Waals surface area contributed by atoms with Gasteiger partial charge in [-0.05, 0) is 41.0 Å². The number of hydrogen-bond donors (Lipinski definition) is 1. The highest BCUT2D eigenvalue weighted by Gasteiger charge is 2.58. The maximum Gasteiger partial charge on any atom is 0.1000 e. The average molecular weight is 280 g/mol. The quantitative estimate of drug-likeness (QED) is 0.929. The van der Waals surface area contributed by atoms with E-state index in [9.17, 15) is 5.11 Å². The zero-order chi connectivity index (χ0) is 14.4. The highest BCUT2D eigenvalue weighted by Crippen LogP contribution is 2.63. The summed E-state index contributed by atoms with van der Waals surface area (Å²) < 4.78 is 5.22. The minimum absolute atomic E-state index is 0.227. The SMILES string of the molecule is COCC[C@H]1C[C@@H]2c3ccccc3-c3ccccc3[C@]12O. The van der Waals surface area contributed by atoms with Crippen LogP contribution in [0.25, 0.3) is 11.1 Å². The first kappa shape index (κ1) is 13.1. The van der Waals surface area contributed by atoms with Crippen molar-refractivity contribution in [2.45, 2.75) is 24.4 Å². The fourth-order valence-corrected chi connectivity index (χ4v) is 4.25. The van der Waals surface area contributed by atoms with Crippen LogP contribution in [0, 0.1) is 5.92 Å². The van der Waals surface area contributed by atoms with Crippen molar-refractivity contribution < 1.29 is 9.84 Å². The third-order valence-electron chi connectivity index (χ3n) is 5.33. The molecule has 0 bridgehead atoms. The Balaban J connectivity index is 1.85. The van der Waals surface area contributed by atoms with Crippen molar-refractivity contribution in [3.63, 3.8) is 0 Å². The van der Waals surface area contributed by atoms with Gasteiger partial charge in [0.1, 0.15) is 0 Å². The number of rotatable bonds is 3. The Morgan fingerprint density at radius 1 is 1.10 bits per heavy atom. The van der Waals surface area contributed by atoms with Crippen molar-refractivity contribution in [2.24, 2.45) is 5.92 Å². The first-order valence-electron chi connectivity index (χ1n) is 7.67. The molecule has 2 aliphatic carbocycles. The molecule has 0 heterocycles. The van der Waals surface area contributed by atoms with Gasteiger partial charge >= 0.3 is 0 Å². The lowest BCUT2D eigenvalue weighted by molar-refractivity contribution is -0.134. The molecule has 0 radical (unpaired) electrons. The minimum atomic E-state index is -0.719. The van der Waals surface area contributed by atoms with E-state index >= 15 is 0 Å². The summed E-state index contributed by atoms with van der Waals surface area (Å²) in [5.41, 5.74) is 4.15. The lowest BCUT2D eigenvalue weighted by Gasteiger charge is -2.56. The zero-order valence-corrected chi connectivity index (χ0v) is 12.3. The number of fused-ring (bicyclic) bond motifs is 6. The third kappa shape index (κ3) is 1.66. The van der Waals surface area contributed by atoms with Crippen molar-refractivity contribution in [3.8, 4) is 11.1 Å². The average Bonchev–Trinajstić information content (AvgIpc) is 2.53. The maximum absolute atomic E-state index is 11.5. The van der Waals surface area contributed by atoms with Crippen molar-refractivity contribution in [3.05, 3.63) is 59.7 Å². The summed E-state index contributed by atoms with van der Waals surface area (Å²) in [5, 5.41) is 11.5. The first-order chi connectivity index (χ1) is 10.3. The predicted molar refractivity (Wildman–Crippen MR) is 83.1 cm³/mol. The molecule has 0 amide bonds. The number of aliphatic hydroxyl groups is 1. The molecular formula is C19H20O2. The van der Waals surface area contributed by atoms with Crippen LogP contribution in [-0.4, -0.2) is 18.8 Å². The second kappa shape index (κ2) is 4.69. The molecule has 0 saturated heterocycles. The molecule has 4 rings (SSSR count). The first-order valence-corrected chi connectivity index (χ1v) is 7.67. The Morgan fingerprint density at radius 2 is 1.81 bits per heavy atom. The molecule has 1 saturated carbocycles. The normalized spacial score (nSPS) is 29.0. The summed E-state index contributed by atoms with van der Waals surface area (Å²) >= 11 is 0. The molecule has 2 heteroatoms. The van der Waals surface area contributed by atoms with E-state index in [1.165, 1.54) is 16.7 Å². The van der Waals surface area contributed by atoms with Gasteiger partial charge in [-0.1, -0.05) is 48.5 Å². The second-order valence-electron chi connectivity index (χ2n) is 6.22. The van der Waals surface area contributed by atoms with Gasteiger partial charge in [-0.15, -0.1) is 0 Å². The van der Waals surface area contributed by atoms with Crippen molar-refractivity contribution in [1.29, 1.82) is 0 Å². The highest BCUT2D eigenvalue weighted by atomic mass is 16.5. The molecule has 2 nitrogen and oxygen atoms in total. The standard InChI is InChI=1S/C19H20O2/c1-21-11-10-13-12-18-16-8-3-2-6-14(16)15-7-4-5-9-17(15)19(13,18)20/h2-9,13,18,20H,10-12H2,1H3/t13-,18+,19+/m0/s1. The fourth-order valence-electron chi connectivity index (χ4n) is 4.25. The fraction of sp³-hybridized carbons (Fsp3) is 0.368. The smallest absolute Gasteiger partial charge is 0.1000 e. The summed E-state index contributed by atoms with van der Waals surface area (Å²) in [5.74, 6) is 0.516. The molecule has 1 fully saturated rings. The molecule has 0 unspecified atom stereocenters. The largest absolute Gasteiger partial charge is 0.385 e. The number of benzene rings is 2. The van der Waals surface area contributed by atoms with Crippen LogP contribution in [0.3, 0.4) is 0 Å². The molecular weight excluding hydrogens is 260 g/mol. The summed E-state index contributed by atoms with van der Waals surface area (Å²) in [7, 11) is 1.73. The summed E-state index contributed by atoms with van der Waals surface area (Å²) in [6, 6.07) is 16.8. The van der Waals surface area contributed by atoms with E-state index in [0.717, 1.165) is 18.4 Å². The molecule has 0 aromatic heterocycles. The van der Waals surface area contributed by atoms with Crippen LogP contribution in [0.4, 0.5) is 0 Å². The topological polar surface area (TPSA) is 29.5 Å².